The highest BCUT2D eigenvalue weighted by Gasteiger charge is 2.29. The third kappa shape index (κ3) is 2.95. The molecule has 3 rings (SSSR count). The maximum atomic E-state index is 12.6. The average Bonchev–Trinajstić information content (AvgIpc) is 3.04. The highest BCUT2D eigenvalue weighted by molar-refractivity contribution is 6.33. The normalized spacial score (nSPS) is 18.5. The number of ether oxygens (including phenoxy) is 1. The number of morpholine rings is 1. The Balaban J connectivity index is 1.75. The Morgan fingerprint density at radius 1 is 1.59 bits per heavy atom. The van der Waals surface area contributed by atoms with Crippen molar-refractivity contribution in [3.8, 4) is 0 Å². The Morgan fingerprint density at radius 2 is 2.45 bits per heavy atom. The number of carbonyl (C=O) groups excluding carboxylic acids is 1. The number of aryl methyl sites for hydroxylation is 1. The largest absolute Gasteiger partial charge is 0.366 e. The molecule has 0 aliphatic carbocycles. The van der Waals surface area contributed by atoms with E-state index < -0.39 is 0 Å². The second-order valence-corrected chi connectivity index (χ2v) is 5.37. The van der Waals surface area contributed by atoms with Crippen LogP contribution in [0.4, 0.5) is 0 Å². The lowest BCUT2D eigenvalue weighted by atomic mass is 10.2. The lowest BCUT2D eigenvalue weighted by Crippen LogP contribution is -2.42. The quantitative estimate of drug-likeness (QED) is 0.928. The molecule has 2 aromatic heterocycles. The van der Waals surface area contributed by atoms with E-state index in [1.54, 1.807) is 17.2 Å². The van der Waals surface area contributed by atoms with Crippen molar-refractivity contribution in [2.24, 2.45) is 0 Å². The van der Waals surface area contributed by atoms with Crippen molar-refractivity contribution in [2.45, 2.75) is 19.4 Å². The van der Waals surface area contributed by atoms with Crippen LogP contribution in [0.15, 0.2) is 18.5 Å². The number of carbonyl (C=O) groups is 1. The fourth-order valence-electron chi connectivity index (χ4n) is 2.32. The van der Waals surface area contributed by atoms with Gasteiger partial charge in [-0.1, -0.05) is 18.5 Å². The second-order valence-electron chi connectivity index (χ2n) is 4.96. The van der Waals surface area contributed by atoms with Crippen LogP contribution >= 0.6 is 11.6 Å². The standard InChI is InChI=1S/C14H16ClN5O2/c1-2-12-17-13(19-18-12)11-8-20(5-6-22-11)14(21)9-3-4-16-7-10(9)15/h3-4,7,11H,2,5-6,8H2,1H3,(H,17,18,19). The number of halogens is 1. The number of hydrogen-bond acceptors (Lipinski definition) is 5. The molecule has 0 spiro atoms. The van der Waals surface area contributed by atoms with Crippen molar-refractivity contribution in [2.75, 3.05) is 19.7 Å². The summed E-state index contributed by atoms with van der Waals surface area (Å²) >= 11 is 6.04. The smallest absolute Gasteiger partial charge is 0.255 e. The Labute approximate surface area is 132 Å². The van der Waals surface area contributed by atoms with Gasteiger partial charge in [0.15, 0.2) is 5.82 Å². The summed E-state index contributed by atoms with van der Waals surface area (Å²) < 4.78 is 5.68. The number of rotatable bonds is 3. The van der Waals surface area contributed by atoms with E-state index in [2.05, 4.69) is 20.2 Å². The van der Waals surface area contributed by atoms with Gasteiger partial charge in [-0.3, -0.25) is 14.9 Å². The Morgan fingerprint density at radius 3 is 3.18 bits per heavy atom. The van der Waals surface area contributed by atoms with E-state index >= 15 is 0 Å². The number of aromatic amines is 1. The highest BCUT2D eigenvalue weighted by Crippen LogP contribution is 2.22. The van der Waals surface area contributed by atoms with Crippen molar-refractivity contribution in [1.29, 1.82) is 0 Å². The number of H-pyrrole nitrogens is 1. The van der Waals surface area contributed by atoms with Crippen LogP contribution in [0.3, 0.4) is 0 Å². The van der Waals surface area contributed by atoms with Crippen LogP contribution < -0.4 is 0 Å². The molecule has 8 heteroatoms. The Kier molecular flexibility index (Phi) is 4.35. The molecule has 0 saturated carbocycles. The summed E-state index contributed by atoms with van der Waals surface area (Å²) in [5, 5.41) is 7.37. The van der Waals surface area contributed by atoms with Gasteiger partial charge in [-0.15, -0.1) is 0 Å². The molecule has 1 aliphatic heterocycles. The summed E-state index contributed by atoms with van der Waals surface area (Å²) in [6, 6.07) is 1.62. The Bertz CT molecular complexity index is 675. The predicted octanol–water partition coefficient (Wildman–Crippen LogP) is 1.63. The fraction of sp³-hybridized carbons (Fsp3) is 0.429. The molecule has 1 aliphatic rings. The van der Waals surface area contributed by atoms with E-state index in [1.807, 2.05) is 6.92 Å². The van der Waals surface area contributed by atoms with E-state index in [0.29, 0.717) is 36.1 Å². The third-order valence-electron chi connectivity index (χ3n) is 3.53. The molecule has 2 aromatic rings. The zero-order valence-corrected chi connectivity index (χ0v) is 12.9. The van der Waals surface area contributed by atoms with Crippen molar-refractivity contribution >= 4 is 17.5 Å². The average molecular weight is 322 g/mol. The van der Waals surface area contributed by atoms with Crippen molar-refractivity contribution in [1.82, 2.24) is 25.1 Å². The number of pyridine rings is 1. The van der Waals surface area contributed by atoms with Gasteiger partial charge in [0.2, 0.25) is 0 Å². The SMILES string of the molecule is CCc1nc(C2CN(C(=O)c3ccncc3Cl)CCO2)n[nH]1. The van der Waals surface area contributed by atoms with E-state index in [0.717, 1.165) is 12.2 Å². The number of aromatic nitrogens is 4. The van der Waals surface area contributed by atoms with Gasteiger partial charge in [-0.05, 0) is 6.07 Å². The number of nitrogens with zero attached hydrogens (tertiary/aromatic N) is 4. The van der Waals surface area contributed by atoms with Gasteiger partial charge < -0.3 is 9.64 Å². The van der Waals surface area contributed by atoms with E-state index in [-0.39, 0.29) is 12.0 Å². The maximum Gasteiger partial charge on any atom is 0.255 e. The van der Waals surface area contributed by atoms with E-state index in [9.17, 15) is 4.79 Å². The molecule has 116 valence electrons. The minimum Gasteiger partial charge on any atom is -0.366 e. The summed E-state index contributed by atoms with van der Waals surface area (Å²) in [6.07, 6.45) is 3.47. The number of hydrogen-bond donors (Lipinski definition) is 1. The first-order valence-electron chi connectivity index (χ1n) is 7.10. The molecule has 1 atom stereocenters. The van der Waals surface area contributed by atoms with E-state index in [4.69, 9.17) is 16.3 Å². The monoisotopic (exact) mass is 321 g/mol. The second kappa shape index (κ2) is 6.41. The molecule has 7 nitrogen and oxygen atoms in total. The number of nitrogens with one attached hydrogen (secondary N) is 1. The molecule has 0 aromatic carbocycles. The maximum absolute atomic E-state index is 12.6. The first-order chi connectivity index (χ1) is 10.7. The summed E-state index contributed by atoms with van der Waals surface area (Å²) in [6.45, 7) is 3.35. The topological polar surface area (TPSA) is 84.0 Å². The molecular formula is C14H16ClN5O2. The molecular weight excluding hydrogens is 306 g/mol. The van der Waals surface area contributed by atoms with Crippen LogP contribution in [0, 0.1) is 0 Å². The predicted molar refractivity (Wildman–Crippen MR) is 79.6 cm³/mol. The van der Waals surface area contributed by atoms with Crippen LogP contribution in [0.5, 0.6) is 0 Å². The van der Waals surface area contributed by atoms with Crippen molar-refractivity contribution in [3.05, 3.63) is 40.7 Å². The lowest BCUT2D eigenvalue weighted by Gasteiger charge is -2.31. The number of amides is 1. The zero-order chi connectivity index (χ0) is 15.5. The summed E-state index contributed by atoms with van der Waals surface area (Å²) in [4.78, 5) is 22.5. The minimum absolute atomic E-state index is 0.132. The van der Waals surface area contributed by atoms with Gasteiger partial charge in [-0.25, -0.2) is 4.98 Å². The summed E-state index contributed by atoms with van der Waals surface area (Å²) in [7, 11) is 0. The minimum atomic E-state index is -0.324. The summed E-state index contributed by atoms with van der Waals surface area (Å²) in [5.74, 6) is 1.25. The van der Waals surface area contributed by atoms with Crippen LogP contribution in [0.2, 0.25) is 5.02 Å². The van der Waals surface area contributed by atoms with Crippen LogP contribution in [0.25, 0.3) is 0 Å². The summed E-state index contributed by atoms with van der Waals surface area (Å²) in [5.41, 5.74) is 0.446. The third-order valence-corrected chi connectivity index (χ3v) is 3.83. The van der Waals surface area contributed by atoms with Gasteiger partial charge in [-0.2, -0.15) is 5.10 Å². The molecule has 1 amide bonds. The molecule has 1 saturated heterocycles. The highest BCUT2D eigenvalue weighted by atomic mass is 35.5. The molecule has 22 heavy (non-hydrogen) atoms. The van der Waals surface area contributed by atoms with Crippen molar-refractivity contribution < 1.29 is 9.53 Å². The lowest BCUT2D eigenvalue weighted by molar-refractivity contribution is -0.0266. The van der Waals surface area contributed by atoms with Crippen LogP contribution in [-0.2, 0) is 11.2 Å². The van der Waals surface area contributed by atoms with E-state index in [1.165, 1.54) is 6.20 Å². The first-order valence-corrected chi connectivity index (χ1v) is 7.48. The molecule has 1 N–H and O–H groups in total. The zero-order valence-electron chi connectivity index (χ0n) is 12.1. The van der Waals surface area contributed by atoms with Gasteiger partial charge >= 0.3 is 0 Å². The molecule has 1 fully saturated rings. The molecule has 0 radical (unpaired) electrons. The van der Waals surface area contributed by atoms with Crippen LogP contribution in [0.1, 0.15) is 35.0 Å². The fourth-order valence-corrected chi connectivity index (χ4v) is 2.52. The molecule has 0 bridgehead atoms. The first kappa shape index (κ1) is 14.9. The Hall–Kier alpha value is -1.99. The van der Waals surface area contributed by atoms with Gasteiger partial charge in [0, 0.05) is 25.4 Å². The van der Waals surface area contributed by atoms with Crippen molar-refractivity contribution in [3.63, 3.8) is 0 Å². The molecule has 3 heterocycles. The van der Waals surface area contributed by atoms with Gasteiger partial charge in [0.05, 0.1) is 23.7 Å². The molecule has 1 unspecified atom stereocenters. The van der Waals surface area contributed by atoms with Gasteiger partial charge in [0.1, 0.15) is 11.9 Å². The van der Waals surface area contributed by atoms with Gasteiger partial charge in [0.25, 0.3) is 5.91 Å². The van der Waals surface area contributed by atoms with Crippen LogP contribution in [-0.4, -0.2) is 50.7 Å².